The number of nitrogens with one attached hydrogen (secondary N) is 2. The number of aryl methyl sites for hydroxylation is 2. The highest BCUT2D eigenvalue weighted by atomic mass is 15.1. The summed E-state index contributed by atoms with van der Waals surface area (Å²) in [7, 11) is 0. The summed E-state index contributed by atoms with van der Waals surface area (Å²) >= 11 is 0. The Morgan fingerprint density at radius 3 is 3.00 bits per heavy atom. The number of aromatic nitrogens is 2. The van der Waals surface area contributed by atoms with Crippen molar-refractivity contribution in [3.63, 3.8) is 0 Å². The largest absolute Gasteiger partial charge is 0.367 e. The number of hydrogen-bond donors (Lipinski definition) is 2. The summed E-state index contributed by atoms with van der Waals surface area (Å²) in [5.74, 6) is 1.84. The van der Waals surface area contributed by atoms with Gasteiger partial charge in [-0.25, -0.2) is 9.97 Å². The highest BCUT2D eigenvalue weighted by molar-refractivity contribution is 5.37. The Morgan fingerprint density at radius 2 is 2.29 bits per heavy atom. The fourth-order valence-corrected chi connectivity index (χ4v) is 2.36. The molecule has 2 N–H and O–H groups in total. The van der Waals surface area contributed by atoms with Crippen molar-refractivity contribution in [3.05, 3.63) is 17.6 Å². The van der Waals surface area contributed by atoms with Gasteiger partial charge in [-0.3, -0.25) is 0 Å². The molecule has 1 saturated heterocycles. The van der Waals surface area contributed by atoms with E-state index >= 15 is 0 Å². The monoisotopic (exact) mass is 234 g/mol. The first-order valence-corrected chi connectivity index (χ1v) is 6.52. The van der Waals surface area contributed by atoms with Crippen molar-refractivity contribution < 1.29 is 0 Å². The number of piperidine rings is 1. The van der Waals surface area contributed by atoms with Gasteiger partial charge in [0.05, 0.1) is 0 Å². The van der Waals surface area contributed by atoms with E-state index in [1.807, 2.05) is 6.92 Å². The molecule has 2 rings (SSSR count). The van der Waals surface area contributed by atoms with E-state index in [0.717, 1.165) is 43.1 Å². The van der Waals surface area contributed by atoms with E-state index in [-0.39, 0.29) is 0 Å². The van der Waals surface area contributed by atoms with Gasteiger partial charge in [0.2, 0.25) is 0 Å². The van der Waals surface area contributed by atoms with E-state index in [0.29, 0.717) is 12.1 Å². The van der Waals surface area contributed by atoms with Crippen molar-refractivity contribution in [2.24, 2.45) is 0 Å². The van der Waals surface area contributed by atoms with Gasteiger partial charge in [0, 0.05) is 23.8 Å². The Morgan fingerprint density at radius 1 is 1.47 bits per heavy atom. The summed E-state index contributed by atoms with van der Waals surface area (Å²) < 4.78 is 0. The fraction of sp³-hybridized carbons (Fsp3) is 0.692. The summed E-state index contributed by atoms with van der Waals surface area (Å²) in [4.78, 5) is 8.86. The van der Waals surface area contributed by atoms with E-state index < -0.39 is 0 Å². The Balaban J connectivity index is 2.04. The van der Waals surface area contributed by atoms with Gasteiger partial charge in [0.15, 0.2) is 0 Å². The third-order valence-corrected chi connectivity index (χ3v) is 3.23. The van der Waals surface area contributed by atoms with Crippen molar-refractivity contribution in [2.75, 3.05) is 11.9 Å². The maximum atomic E-state index is 4.46. The minimum Gasteiger partial charge on any atom is -0.367 e. The molecule has 1 aliphatic rings. The van der Waals surface area contributed by atoms with Crippen LogP contribution in [0, 0.1) is 6.92 Å². The van der Waals surface area contributed by atoms with Crippen molar-refractivity contribution in [1.29, 1.82) is 0 Å². The maximum Gasteiger partial charge on any atom is 0.130 e. The molecule has 2 atom stereocenters. The molecule has 1 fully saturated rings. The van der Waals surface area contributed by atoms with Gasteiger partial charge in [-0.05, 0) is 39.7 Å². The first-order valence-electron chi connectivity index (χ1n) is 6.52. The first kappa shape index (κ1) is 12.3. The zero-order chi connectivity index (χ0) is 12.3. The second kappa shape index (κ2) is 5.45. The lowest BCUT2D eigenvalue weighted by molar-refractivity contribution is 0.395. The molecule has 0 radical (unpaired) electrons. The standard InChI is InChI=1S/C13H22N4/c1-4-11-8-13(16-10(3)15-11)17-12-5-6-14-9(2)7-12/h8-9,12,14H,4-7H2,1-3H3,(H,15,16,17). The van der Waals surface area contributed by atoms with Gasteiger partial charge in [-0.1, -0.05) is 6.92 Å². The minimum absolute atomic E-state index is 0.533. The molecule has 0 amide bonds. The molecule has 94 valence electrons. The molecule has 1 aliphatic heterocycles. The summed E-state index contributed by atoms with van der Waals surface area (Å²) in [6.07, 6.45) is 3.28. The predicted molar refractivity (Wildman–Crippen MR) is 70.3 cm³/mol. The molecular formula is C13H22N4. The van der Waals surface area contributed by atoms with Crippen molar-refractivity contribution >= 4 is 5.82 Å². The topological polar surface area (TPSA) is 49.8 Å². The number of rotatable bonds is 3. The van der Waals surface area contributed by atoms with Crippen LogP contribution >= 0.6 is 0 Å². The zero-order valence-corrected chi connectivity index (χ0v) is 11.0. The molecule has 0 aromatic carbocycles. The van der Waals surface area contributed by atoms with E-state index in [4.69, 9.17) is 0 Å². The van der Waals surface area contributed by atoms with Crippen LogP contribution in [-0.2, 0) is 6.42 Å². The molecule has 2 unspecified atom stereocenters. The van der Waals surface area contributed by atoms with Crippen LogP contribution in [0.15, 0.2) is 6.07 Å². The molecule has 4 nitrogen and oxygen atoms in total. The molecule has 0 aliphatic carbocycles. The lowest BCUT2D eigenvalue weighted by atomic mass is 10.0. The third kappa shape index (κ3) is 3.40. The predicted octanol–water partition coefficient (Wildman–Crippen LogP) is 1.90. The fourth-order valence-electron chi connectivity index (χ4n) is 2.36. The molecule has 0 saturated carbocycles. The molecule has 0 bridgehead atoms. The van der Waals surface area contributed by atoms with Crippen LogP contribution in [-0.4, -0.2) is 28.6 Å². The molecule has 2 heterocycles. The number of hydrogen-bond acceptors (Lipinski definition) is 4. The summed E-state index contributed by atoms with van der Waals surface area (Å²) in [6, 6.07) is 3.19. The van der Waals surface area contributed by atoms with Crippen molar-refractivity contribution in [3.8, 4) is 0 Å². The number of anilines is 1. The molecule has 0 spiro atoms. The van der Waals surface area contributed by atoms with Gasteiger partial charge in [0.1, 0.15) is 11.6 Å². The Bertz CT molecular complexity index is 378. The van der Waals surface area contributed by atoms with Crippen molar-refractivity contribution in [2.45, 2.75) is 52.1 Å². The van der Waals surface area contributed by atoms with E-state index in [9.17, 15) is 0 Å². The Kier molecular flexibility index (Phi) is 3.94. The molecule has 17 heavy (non-hydrogen) atoms. The van der Waals surface area contributed by atoms with Crippen LogP contribution in [0.25, 0.3) is 0 Å². The van der Waals surface area contributed by atoms with Crippen LogP contribution in [0.1, 0.15) is 38.2 Å². The second-order valence-corrected chi connectivity index (χ2v) is 4.87. The normalized spacial score (nSPS) is 24.6. The van der Waals surface area contributed by atoms with Crippen LogP contribution in [0.3, 0.4) is 0 Å². The third-order valence-electron chi connectivity index (χ3n) is 3.23. The molecule has 4 heteroatoms. The minimum atomic E-state index is 0.533. The van der Waals surface area contributed by atoms with Gasteiger partial charge in [0.25, 0.3) is 0 Å². The smallest absolute Gasteiger partial charge is 0.130 e. The van der Waals surface area contributed by atoms with E-state index in [1.165, 1.54) is 0 Å². The zero-order valence-electron chi connectivity index (χ0n) is 11.0. The van der Waals surface area contributed by atoms with E-state index in [1.54, 1.807) is 0 Å². The Labute approximate surface area is 103 Å². The van der Waals surface area contributed by atoms with Gasteiger partial charge in [-0.2, -0.15) is 0 Å². The first-order chi connectivity index (χ1) is 8.17. The highest BCUT2D eigenvalue weighted by Crippen LogP contribution is 2.15. The van der Waals surface area contributed by atoms with Gasteiger partial charge >= 0.3 is 0 Å². The second-order valence-electron chi connectivity index (χ2n) is 4.87. The van der Waals surface area contributed by atoms with Crippen LogP contribution in [0.5, 0.6) is 0 Å². The quantitative estimate of drug-likeness (QED) is 0.838. The summed E-state index contributed by atoms with van der Waals surface area (Å²) in [5.41, 5.74) is 1.11. The molecule has 1 aromatic heterocycles. The molecular weight excluding hydrogens is 212 g/mol. The average molecular weight is 234 g/mol. The lowest BCUT2D eigenvalue weighted by Crippen LogP contribution is -2.41. The van der Waals surface area contributed by atoms with E-state index in [2.05, 4.69) is 40.5 Å². The highest BCUT2D eigenvalue weighted by Gasteiger charge is 2.18. The SMILES string of the molecule is CCc1cc(NC2CCNC(C)C2)nc(C)n1. The van der Waals surface area contributed by atoms with Gasteiger partial charge < -0.3 is 10.6 Å². The Hall–Kier alpha value is -1.16. The van der Waals surface area contributed by atoms with Crippen LogP contribution in [0.4, 0.5) is 5.82 Å². The molecule has 1 aromatic rings. The summed E-state index contributed by atoms with van der Waals surface area (Å²) in [5, 5.41) is 6.99. The van der Waals surface area contributed by atoms with Crippen LogP contribution < -0.4 is 10.6 Å². The van der Waals surface area contributed by atoms with Crippen LogP contribution in [0.2, 0.25) is 0 Å². The van der Waals surface area contributed by atoms with Crippen molar-refractivity contribution in [1.82, 2.24) is 15.3 Å². The van der Waals surface area contributed by atoms with Gasteiger partial charge in [-0.15, -0.1) is 0 Å². The summed E-state index contributed by atoms with van der Waals surface area (Å²) in [6.45, 7) is 7.40. The maximum absolute atomic E-state index is 4.46. The lowest BCUT2D eigenvalue weighted by Gasteiger charge is -2.29. The average Bonchev–Trinajstić information content (AvgIpc) is 2.28. The number of nitrogens with zero attached hydrogens (tertiary/aromatic N) is 2.